The molecular formula is C13H16BIO3. The van der Waals surface area contributed by atoms with E-state index in [1.807, 2.05) is 39.8 Å². The van der Waals surface area contributed by atoms with Gasteiger partial charge in [0.15, 0.2) is 6.29 Å². The van der Waals surface area contributed by atoms with E-state index in [2.05, 4.69) is 22.6 Å². The predicted octanol–water partition coefficient (Wildman–Crippen LogP) is 2.40. The lowest BCUT2D eigenvalue weighted by Crippen LogP contribution is -2.41. The molecule has 3 nitrogen and oxygen atoms in total. The fourth-order valence-corrected chi connectivity index (χ4v) is 2.43. The van der Waals surface area contributed by atoms with E-state index in [0.29, 0.717) is 5.56 Å². The molecular weight excluding hydrogens is 342 g/mol. The van der Waals surface area contributed by atoms with Crippen LogP contribution in [0.25, 0.3) is 0 Å². The predicted molar refractivity (Wildman–Crippen MR) is 80.3 cm³/mol. The third-order valence-corrected chi connectivity index (χ3v) is 4.61. The van der Waals surface area contributed by atoms with Crippen molar-refractivity contribution in [2.24, 2.45) is 0 Å². The largest absolute Gasteiger partial charge is 0.494 e. The maximum Gasteiger partial charge on any atom is 0.494 e. The molecule has 0 bridgehead atoms. The van der Waals surface area contributed by atoms with Crippen LogP contribution in [0.2, 0.25) is 0 Å². The maximum absolute atomic E-state index is 10.8. The summed E-state index contributed by atoms with van der Waals surface area (Å²) in [6.07, 6.45) is 0.857. The molecule has 5 heteroatoms. The van der Waals surface area contributed by atoms with Crippen LogP contribution in [0.3, 0.4) is 0 Å². The molecule has 0 N–H and O–H groups in total. The molecule has 0 radical (unpaired) electrons. The smallest absolute Gasteiger partial charge is 0.399 e. The molecule has 1 heterocycles. The Hall–Kier alpha value is -0.395. The summed E-state index contributed by atoms with van der Waals surface area (Å²) in [6, 6.07) is 5.62. The monoisotopic (exact) mass is 358 g/mol. The lowest BCUT2D eigenvalue weighted by atomic mass is 9.79. The Morgan fingerprint density at radius 1 is 1.17 bits per heavy atom. The summed E-state index contributed by atoms with van der Waals surface area (Å²) in [6.45, 7) is 8.10. The van der Waals surface area contributed by atoms with Crippen LogP contribution in [-0.4, -0.2) is 24.6 Å². The minimum absolute atomic E-state index is 0.341. The number of rotatable bonds is 2. The summed E-state index contributed by atoms with van der Waals surface area (Å²) in [5, 5.41) is 0. The van der Waals surface area contributed by atoms with Gasteiger partial charge in [0.2, 0.25) is 0 Å². The van der Waals surface area contributed by atoms with Crippen LogP contribution in [0.4, 0.5) is 0 Å². The van der Waals surface area contributed by atoms with Gasteiger partial charge in [0.05, 0.1) is 11.2 Å². The van der Waals surface area contributed by atoms with E-state index < -0.39 is 0 Å². The molecule has 0 saturated carbocycles. The lowest BCUT2D eigenvalue weighted by Gasteiger charge is -2.32. The summed E-state index contributed by atoms with van der Waals surface area (Å²) in [5.74, 6) is 0. The van der Waals surface area contributed by atoms with E-state index in [1.54, 1.807) is 6.07 Å². The Balaban J connectivity index is 2.30. The van der Waals surface area contributed by atoms with E-state index in [0.717, 1.165) is 15.3 Å². The lowest BCUT2D eigenvalue weighted by molar-refractivity contribution is 0.00578. The topological polar surface area (TPSA) is 35.5 Å². The van der Waals surface area contributed by atoms with E-state index >= 15 is 0 Å². The molecule has 1 fully saturated rings. The van der Waals surface area contributed by atoms with Gasteiger partial charge in [-0.1, -0.05) is 12.1 Å². The highest BCUT2D eigenvalue weighted by atomic mass is 127. The number of benzene rings is 1. The Labute approximate surface area is 122 Å². The first-order valence-electron chi connectivity index (χ1n) is 5.87. The minimum Gasteiger partial charge on any atom is -0.399 e. The molecule has 0 aromatic heterocycles. The van der Waals surface area contributed by atoms with Crippen LogP contribution in [0.15, 0.2) is 18.2 Å². The normalized spacial score (nSPS) is 21.1. The van der Waals surface area contributed by atoms with Gasteiger partial charge in [0.25, 0.3) is 0 Å². The molecule has 2 rings (SSSR count). The molecule has 96 valence electrons. The van der Waals surface area contributed by atoms with Gasteiger partial charge in [-0.25, -0.2) is 0 Å². The Morgan fingerprint density at radius 2 is 1.72 bits per heavy atom. The number of aldehydes is 1. The molecule has 1 saturated heterocycles. The second-order valence-corrected chi connectivity index (χ2v) is 6.65. The summed E-state index contributed by atoms with van der Waals surface area (Å²) >= 11 is 2.15. The second-order valence-electron chi connectivity index (χ2n) is 5.49. The van der Waals surface area contributed by atoms with E-state index in [-0.39, 0.29) is 18.3 Å². The van der Waals surface area contributed by atoms with Crippen molar-refractivity contribution in [3.63, 3.8) is 0 Å². The van der Waals surface area contributed by atoms with E-state index in [4.69, 9.17) is 9.31 Å². The van der Waals surface area contributed by atoms with E-state index in [9.17, 15) is 4.79 Å². The third-order valence-electron chi connectivity index (χ3n) is 3.68. The Bertz CT molecular complexity index is 469. The standard InChI is InChI=1S/C13H16BIO3/c1-12(2)13(3,4)18-14(17-12)10-6-5-9(8-16)11(15)7-10/h5-8H,1-4H3. The van der Waals surface area contributed by atoms with Crippen LogP contribution in [0.5, 0.6) is 0 Å². The molecule has 18 heavy (non-hydrogen) atoms. The number of hydrogen-bond donors (Lipinski definition) is 0. The van der Waals surface area contributed by atoms with Crippen molar-refractivity contribution in [2.75, 3.05) is 0 Å². The number of hydrogen-bond acceptors (Lipinski definition) is 3. The average molecular weight is 358 g/mol. The first-order chi connectivity index (χ1) is 8.27. The number of carbonyl (C=O) groups is 1. The van der Waals surface area contributed by atoms with Gasteiger partial charge in [-0.15, -0.1) is 0 Å². The van der Waals surface area contributed by atoms with Crippen molar-refractivity contribution >= 4 is 41.5 Å². The maximum atomic E-state index is 10.8. The molecule has 1 aliphatic rings. The summed E-state index contributed by atoms with van der Waals surface area (Å²) in [7, 11) is -0.371. The zero-order valence-electron chi connectivity index (χ0n) is 11.0. The van der Waals surface area contributed by atoms with Crippen molar-refractivity contribution in [3.05, 3.63) is 27.3 Å². The highest BCUT2D eigenvalue weighted by Crippen LogP contribution is 2.36. The van der Waals surface area contributed by atoms with Crippen molar-refractivity contribution in [3.8, 4) is 0 Å². The van der Waals surface area contributed by atoms with Gasteiger partial charge in [-0.3, -0.25) is 4.79 Å². The van der Waals surface area contributed by atoms with Crippen LogP contribution >= 0.6 is 22.6 Å². The van der Waals surface area contributed by atoms with E-state index in [1.165, 1.54) is 0 Å². The molecule has 0 amide bonds. The molecule has 0 spiro atoms. The summed E-state index contributed by atoms with van der Waals surface area (Å²) < 4.78 is 12.8. The molecule has 0 unspecified atom stereocenters. The third kappa shape index (κ3) is 2.35. The van der Waals surface area contributed by atoms with Crippen molar-refractivity contribution in [1.82, 2.24) is 0 Å². The molecule has 0 atom stereocenters. The average Bonchev–Trinajstić information content (AvgIpc) is 2.48. The van der Waals surface area contributed by atoms with Crippen LogP contribution in [0.1, 0.15) is 38.1 Å². The summed E-state index contributed by atoms with van der Waals surface area (Å²) in [4.78, 5) is 10.8. The number of carbonyl (C=O) groups excluding carboxylic acids is 1. The van der Waals surface area contributed by atoms with Gasteiger partial charge in [0, 0.05) is 9.13 Å². The van der Waals surface area contributed by atoms with Crippen molar-refractivity contribution in [1.29, 1.82) is 0 Å². The van der Waals surface area contributed by atoms with Crippen LogP contribution in [-0.2, 0) is 9.31 Å². The fourth-order valence-electron chi connectivity index (χ4n) is 1.76. The SMILES string of the molecule is CC1(C)OB(c2ccc(C=O)c(I)c2)OC1(C)C. The summed E-state index contributed by atoms with van der Waals surface area (Å²) in [5.41, 5.74) is 0.957. The Kier molecular flexibility index (Phi) is 3.59. The Morgan fingerprint density at radius 3 is 2.17 bits per heavy atom. The number of halogens is 1. The first kappa shape index (κ1) is 14.0. The highest BCUT2D eigenvalue weighted by Gasteiger charge is 2.51. The van der Waals surface area contributed by atoms with Crippen LogP contribution in [0, 0.1) is 3.57 Å². The quantitative estimate of drug-likeness (QED) is 0.463. The van der Waals surface area contributed by atoms with Gasteiger partial charge in [0.1, 0.15) is 0 Å². The van der Waals surface area contributed by atoms with Crippen molar-refractivity contribution in [2.45, 2.75) is 38.9 Å². The second kappa shape index (κ2) is 4.61. The van der Waals surface area contributed by atoms with Crippen LogP contribution < -0.4 is 5.46 Å². The van der Waals surface area contributed by atoms with Gasteiger partial charge >= 0.3 is 7.12 Å². The zero-order valence-corrected chi connectivity index (χ0v) is 13.1. The molecule has 1 aromatic rings. The van der Waals surface area contributed by atoms with Crippen molar-refractivity contribution < 1.29 is 14.1 Å². The highest BCUT2D eigenvalue weighted by molar-refractivity contribution is 14.1. The molecule has 1 aromatic carbocycles. The van der Waals surface area contributed by atoms with Gasteiger partial charge in [-0.2, -0.15) is 0 Å². The zero-order chi connectivity index (χ0) is 13.6. The minimum atomic E-state index is -0.371. The van der Waals surface area contributed by atoms with Gasteiger partial charge < -0.3 is 9.31 Å². The molecule has 0 aliphatic carbocycles. The first-order valence-corrected chi connectivity index (χ1v) is 6.95. The molecule has 1 aliphatic heterocycles. The fraction of sp³-hybridized carbons (Fsp3) is 0.462. The van der Waals surface area contributed by atoms with Gasteiger partial charge in [-0.05, 0) is 61.8 Å².